The number of nitrogen functional groups attached to an aromatic ring is 1. The van der Waals surface area contributed by atoms with Crippen LogP contribution in [0.25, 0.3) is 0 Å². The van der Waals surface area contributed by atoms with Crippen molar-refractivity contribution < 1.29 is 14.3 Å². The second-order valence-electron chi connectivity index (χ2n) is 4.69. The lowest BCUT2D eigenvalue weighted by Gasteiger charge is -2.14. The summed E-state index contributed by atoms with van der Waals surface area (Å²) in [6, 6.07) is 10.7. The van der Waals surface area contributed by atoms with Crippen LogP contribution in [0.15, 0.2) is 36.4 Å². The molecule has 2 aromatic rings. The van der Waals surface area contributed by atoms with Crippen LogP contribution in [0, 0.1) is 6.92 Å². The lowest BCUT2D eigenvalue weighted by Crippen LogP contribution is -2.10. The van der Waals surface area contributed by atoms with Gasteiger partial charge in [-0.1, -0.05) is 17.7 Å². The number of methoxy groups -OCH3 is 1. The molecule has 2 N–H and O–H groups in total. The predicted molar refractivity (Wildman–Crippen MR) is 83.2 cm³/mol. The van der Waals surface area contributed by atoms with E-state index in [-0.39, 0.29) is 5.78 Å². The van der Waals surface area contributed by atoms with Gasteiger partial charge in [-0.25, -0.2) is 0 Å². The standard InChI is InChI=1S/C17H19NO3/c1-4-21-15-7-5-6-13(18)16(15)17(19)12-10-11(2)8-9-14(12)20-3/h5-10H,4,18H2,1-3H3. The van der Waals surface area contributed by atoms with Crippen LogP contribution >= 0.6 is 0 Å². The van der Waals surface area contributed by atoms with Gasteiger partial charge in [0.15, 0.2) is 0 Å². The number of hydrogen-bond donors (Lipinski definition) is 1. The van der Waals surface area contributed by atoms with E-state index in [4.69, 9.17) is 15.2 Å². The molecule has 0 heterocycles. The van der Waals surface area contributed by atoms with Gasteiger partial charge in [-0.2, -0.15) is 0 Å². The van der Waals surface area contributed by atoms with Gasteiger partial charge in [0.2, 0.25) is 5.78 Å². The molecule has 0 radical (unpaired) electrons. The zero-order valence-electron chi connectivity index (χ0n) is 12.5. The van der Waals surface area contributed by atoms with Crippen LogP contribution in [0.2, 0.25) is 0 Å². The first-order valence-corrected chi connectivity index (χ1v) is 6.79. The number of rotatable bonds is 5. The molecule has 2 rings (SSSR count). The average Bonchev–Trinajstić information content (AvgIpc) is 2.47. The number of ketones is 1. The molecule has 0 spiro atoms. The molecule has 110 valence electrons. The molecule has 0 aliphatic heterocycles. The van der Waals surface area contributed by atoms with Gasteiger partial charge in [-0.05, 0) is 38.1 Å². The van der Waals surface area contributed by atoms with Gasteiger partial charge in [0, 0.05) is 5.69 Å². The third-order valence-corrected chi connectivity index (χ3v) is 3.18. The Labute approximate surface area is 124 Å². The fraction of sp³-hybridized carbons (Fsp3) is 0.235. The Morgan fingerprint density at radius 1 is 1.19 bits per heavy atom. The summed E-state index contributed by atoms with van der Waals surface area (Å²) in [5.41, 5.74) is 8.21. The van der Waals surface area contributed by atoms with Crippen molar-refractivity contribution >= 4 is 11.5 Å². The first-order chi connectivity index (χ1) is 10.1. The minimum atomic E-state index is -0.197. The van der Waals surface area contributed by atoms with Gasteiger partial charge in [-0.15, -0.1) is 0 Å². The van der Waals surface area contributed by atoms with Crippen molar-refractivity contribution in [2.75, 3.05) is 19.5 Å². The molecule has 0 unspecified atom stereocenters. The number of benzene rings is 2. The number of anilines is 1. The van der Waals surface area contributed by atoms with Gasteiger partial charge < -0.3 is 15.2 Å². The Kier molecular flexibility index (Phi) is 4.48. The summed E-state index contributed by atoms with van der Waals surface area (Å²) in [7, 11) is 1.54. The quantitative estimate of drug-likeness (QED) is 0.677. The number of ether oxygens (including phenoxy) is 2. The molecule has 21 heavy (non-hydrogen) atoms. The van der Waals surface area contributed by atoms with Crippen molar-refractivity contribution in [3.05, 3.63) is 53.1 Å². The van der Waals surface area contributed by atoms with Gasteiger partial charge in [-0.3, -0.25) is 4.79 Å². The molecular weight excluding hydrogens is 266 g/mol. The molecular formula is C17H19NO3. The van der Waals surface area contributed by atoms with E-state index in [1.54, 1.807) is 37.4 Å². The van der Waals surface area contributed by atoms with Crippen molar-refractivity contribution in [3.63, 3.8) is 0 Å². The summed E-state index contributed by atoms with van der Waals surface area (Å²) in [6.45, 7) is 4.26. The minimum absolute atomic E-state index is 0.197. The lowest BCUT2D eigenvalue weighted by molar-refractivity contribution is 0.103. The molecule has 0 saturated carbocycles. The molecule has 0 saturated heterocycles. The van der Waals surface area contributed by atoms with E-state index < -0.39 is 0 Å². The fourth-order valence-corrected chi connectivity index (χ4v) is 2.20. The second-order valence-corrected chi connectivity index (χ2v) is 4.69. The molecule has 0 aliphatic carbocycles. The summed E-state index contributed by atoms with van der Waals surface area (Å²) in [6.07, 6.45) is 0. The van der Waals surface area contributed by atoms with Crippen molar-refractivity contribution in [1.82, 2.24) is 0 Å². The van der Waals surface area contributed by atoms with Crippen molar-refractivity contribution in [3.8, 4) is 11.5 Å². The molecule has 0 atom stereocenters. The van der Waals surface area contributed by atoms with E-state index in [2.05, 4.69) is 0 Å². The van der Waals surface area contributed by atoms with Crippen LogP contribution in [-0.4, -0.2) is 19.5 Å². The van der Waals surface area contributed by atoms with E-state index in [0.717, 1.165) is 5.56 Å². The van der Waals surface area contributed by atoms with Gasteiger partial charge >= 0.3 is 0 Å². The number of nitrogens with two attached hydrogens (primary N) is 1. The van der Waals surface area contributed by atoms with E-state index in [1.165, 1.54) is 0 Å². The van der Waals surface area contributed by atoms with E-state index >= 15 is 0 Å². The molecule has 2 aromatic carbocycles. The molecule has 4 heteroatoms. The molecule has 0 aromatic heterocycles. The smallest absolute Gasteiger partial charge is 0.202 e. The van der Waals surface area contributed by atoms with Crippen LogP contribution in [-0.2, 0) is 0 Å². The van der Waals surface area contributed by atoms with Crippen LogP contribution in [0.4, 0.5) is 5.69 Å². The summed E-state index contributed by atoms with van der Waals surface area (Å²) in [5, 5.41) is 0. The Balaban J connectivity index is 2.57. The monoisotopic (exact) mass is 285 g/mol. The zero-order valence-corrected chi connectivity index (χ0v) is 12.5. The second kappa shape index (κ2) is 6.31. The highest BCUT2D eigenvalue weighted by atomic mass is 16.5. The predicted octanol–water partition coefficient (Wildman–Crippen LogP) is 3.22. The fourth-order valence-electron chi connectivity index (χ4n) is 2.20. The van der Waals surface area contributed by atoms with E-state index in [9.17, 15) is 4.79 Å². The molecule has 0 bridgehead atoms. The highest BCUT2D eigenvalue weighted by Crippen LogP contribution is 2.31. The maximum absolute atomic E-state index is 12.9. The Bertz CT molecular complexity index is 665. The first kappa shape index (κ1) is 14.9. The maximum atomic E-state index is 12.9. The Morgan fingerprint density at radius 3 is 2.62 bits per heavy atom. The average molecular weight is 285 g/mol. The third kappa shape index (κ3) is 2.99. The maximum Gasteiger partial charge on any atom is 0.202 e. The normalized spacial score (nSPS) is 10.2. The van der Waals surface area contributed by atoms with Crippen LogP contribution in [0.1, 0.15) is 28.4 Å². The van der Waals surface area contributed by atoms with Crippen LogP contribution in [0.3, 0.4) is 0 Å². The Morgan fingerprint density at radius 2 is 1.95 bits per heavy atom. The first-order valence-electron chi connectivity index (χ1n) is 6.79. The zero-order chi connectivity index (χ0) is 15.4. The third-order valence-electron chi connectivity index (χ3n) is 3.18. The minimum Gasteiger partial charge on any atom is -0.496 e. The van der Waals surface area contributed by atoms with Gasteiger partial charge in [0.05, 0.1) is 24.8 Å². The Hall–Kier alpha value is -2.49. The summed E-state index contributed by atoms with van der Waals surface area (Å²) in [5.74, 6) is 0.819. The van der Waals surface area contributed by atoms with Crippen molar-refractivity contribution in [2.45, 2.75) is 13.8 Å². The van der Waals surface area contributed by atoms with E-state index in [1.807, 2.05) is 19.9 Å². The molecule has 4 nitrogen and oxygen atoms in total. The number of aryl methyl sites for hydroxylation is 1. The van der Waals surface area contributed by atoms with E-state index in [0.29, 0.717) is 34.9 Å². The van der Waals surface area contributed by atoms with Gasteiger partial charge in [0.1, 0.15) is 11.5 Å². The highest BCUT2D eigenvalue weighted by Gasteiger charge is 2.21. The summed E-state index contributed by atoms with van der Waals surface area (Å²) >= 11 is 0. The largest absolute Gasteiger partial charge is 0.496 e. The number of carbonyl (C=O) groups excluding carboxylic acids is 1. The van der Waals surface area contributed by atoms with Crippen LogP contribution in [0.5, 0.6) is 11.5 Å². The summed E-state index contributed by atoms with van der Waals surface area (Å²) < 4.78 is 10.8. The molecule has 0 amide bonds. The molecule has 0 fully saturated rings. The van der Waals surface area contributed by atoms with Crippen molar-refractivity contribution in [2.24, 2.45) is 0 Å². The van der Waals surface area contributed by atoms with Crippen LogP contribution < -0.4 is 15.2 Å². The summed E-state index contributed by atoms with van der Waals surface area (Å²) in [4.78, 5) is 12.9. The lowest BCUT2D eigenvalue weighted by atomic mass is 9.98. The SMILES string of the molecule is CCOc1cccc(N)c1C(=O)c1cc(C)ccc1OC. The molecule has 0 aliphatic rings. The number of hydrogen-bond acceptors (Lipinski definition) is 4. The van der Waals surface area contributed by atoms with Gasteiger partial charge in [0.25, 0.3) is 0 Å². The topological polar surface area (TPSA) is 61.5 Å². The number of carbonyl (C=O) groups is 1. The van der Waals surface area contributed by atoms with Crippen molar-refractivity contribution in [1.29, 1.82) is 0 Å². The highest BCUT2D eigenvalue weighted by molar-refractivity contribution is 6.15.